The summed E-state index contributed by atoms with van der Waals surface area (Å²) in [5.74, 6) is 1.55. The van der Waals surface area contributed by atoms with Crippen LogP contribution in [0.5, 0.6) is 5.88 Å². The summed E-state index contributed by atoms with van der Waals surface area (Å²) in [6, 6.07) is 0. The van der Waals surface area contributed by atoms with Gasteiger partial charge in [-0.05, 0) is 59.3 Å². The number of piperidine rings is 1. The van der Waals surface area contributed by atoms with Gasteiger partial charge in [-0.2, -0.15) is 4.31 Å². The highest BCUT2D eigenvalue weighted by atomic mass is 32.2. The van der Waals surface area contributed by atoms with E-state index >= 15 is 0 Å². The zero-order valence-electron chi connectivity index (χ0n) is 20.7. The number of hydrogen-bond donors (Lipinski definition) is 0. The molecule has 1 aromatic rings. The van der Waals surface area contributed by atoms with Crippen molar-refractivity contribution in [2.45, 2.75) is 63.7 Å². The molecule has 1 aliphatic carbocycles. The number of carbonyl (C=O) groups excluding carboxylic acids is 1. The summed E-state index contributed by atoms with van der Waals surface area (Å²) in [4.78, 5) is 24.9. The second-order valence-corrected chi connectivity index (χ2v) is 13.5. The van der Waals surface area contributed by atoms with Crippen molar-refractivity contribution < 1.29 is 22.7 Å². The minimum Gasteiger partial charge on any atom is -0.476 e. The van der Waals surface area contributed by atoms with Gasteiger partial charge in [0.2, 0.25) is 15.9 Å². The lowest BCUT2D eigenvalue weighted by molar-refractivity contribution is 0.0454. The molecule has 3 aliphatic rings. The van der Waals surface area contributed by atoms with Gasteiger partial charge in [-0.25, -0.2) is 23.2 Å². The van der Waals surface area contributed by atoms with Gasteiger partial charge in [-0.1, -0.05) is 0 Å². The van der Waals surface area contributed by atoms with E-state index in [2.05, 4.69) is 9.97 Å². The van der Waals surface area contributed by atoms with Crippen molar-refractivity contribution >= 4 is 21.9 Å². The molecule has 2 aliphatic heterocycles. The molecule has 34 heavy (non-hydrogen) atoms. The largest absolute Gasteiger partial charge is 0.476 e. The molecule has 0 radical (unpaired) electrons. The molecule has 0 N–H and O–H groups in total. The van der Waals surface area contributed by atoms with Gasteiger partial charge in [0.1, 0.15) is 11.4 Å². The van der Waals surface area contributed by atoms with Crippen molar-refractivity contribution in [3.05, 3.63) is 12.4 Å². The predicted octanol–water partition coefficient (Wildman–Crippen LogP) is 2.51. The molecule has 1 saturated carbocycles. The number of sulfonamides is 1. The van der Waals surface area contributed by atoms with Crippen LogP contribution in [-0.2, 0) is 14.8 Å². The van der Waals surface area contributed by atoms with Gasteiger partial charge in [0.15, 0.2) is 0 Å². The lowest BCUT2D eigenvalue weighted by Crippen LogP contribution is -2.53. The smallest absolute Gasteiger partial charge is 0.410 e. The van der Waals surface area contributed by atoms with Crippen LogP contribution in [0.3, 0.4) is 0 Å². The number of ether oxygens (including phenoxy) is 2. The van der Waals surface area contributed by atoms with Crippen LogP contribution in [0.1, 0.15) is 53.4 Å². The summed E-state index contributed by atoms with van der Waals surface area (Å²) < 4.78 is 37.5. The van der Waals surface area contributed by atoms with E-state index in [1.54, 1.807) is 42.4 Å². The lowest BCUT2D eigenvalue weighted by Gasteiger charge is -2.37. The number of hydrogen-bond acceptors (Lipinski definition) is 8. The number of carbonyl (C=O) groups is 1. The molecule has 0 atom stereocenters. The van der Waals surface area contributed by atoms with Crippen molar-refractivity contribution in [3.8, 4) is 5.88 Å². The second-order valence-electron chi connectivity index (χ2n) is 10.8. The maximum Gasteiger partial charge on any atom is 0.410 e. The van der Waals surface area contributed by atoms with Gasteiger partial charge in [0, 0.05) is 39.3 Å². The third kappa shape index (κ3) is 5.73. The van der Waals surface area contributed by atoms with Gasteiger partial charge in [0.25, 0.3) is 0 Å². The predicted molar refractivity (Wildman–Crippen MR) is 128 cm³/mol. The molecular formula is C23H37N5O5S. The fourth-order valence-electron chi connectivity index (χ4n) is 4.13. The molecule has 10 nitrogen and oxygen atoms in total. The first-order chi connectivity index (χ1) is 16.0. The summed E-state index contributed by atoms with van der Waals surface area (Å²) in [6.45, 7) is 11.1. The Morgan fingerprint density at radius 3 is 2.24 bits per heavy atom. The molecule has 3 fully saturated rings. The standard InChI is InChI=1S/C23H37N5O5S/c1-22(2,3)34(30,31)28-13-11-26(12-14-28)19-15-25-20(16-24-19)32-17-18-5-9-27(10-6-18)21(29)33-23(4)7-8-23/h15-16,18H,5-14,17H2,1-4H3. The highest BCUT2D eigenvalue weighted by molar-refractivity contribution is 7.90. The Morgan fingerprint density at radius 2 is 1.71 bits per heavy atom. The Balaban J connectivity index is 1.20. The maximum atomic E-state index is 12.6. The Morgan fingerprint density at radius 1 is 1.06 bits per heavy atom. The molecule has 1 amide bonds. The van der Waals surface area contributed by atoms with Gasteiger partial charge >= 0.3 is 6.09 Å². The zero-order valence-corrected chi connectivity index (χ0v) is 21.5. The van der Waals surface area contributed by atoms with E-state index in [1.165, 1.54) is 0 Å². The van der Waals surface area contributed by atoms with Gasteiger partial charge in [-0.3, -0.25) is 0 Å². The first kappa shape index (κ1) is 25.0. The second kappa shape index (κ2) is 9.49. The SMILES string of the molecule is CC1(OC(=O)N2CCC(COc3cnc(N4CCN(S(=O)(=O)C(C)(C)C)CC4)cn3)CC2)CC1. The summed E-state index contributed by atoms with van der Waals surface area (Å²) >= 11 is 0. The molecule has 190 valence electrons. The van der Waals surface area contributed by atoms with Crippen molar-refractivity contribution in [1.82, 2.24) is 19.2 Å². The summed E-state index contributed by atoms with van der Waals surface area (Å²) in [5.41, 5.74) is -0.237. The molecule has 0 bridgehead atoms. The number of likely N-dealkylation sites (tertiary alicyclic amines) is 1. The highest BCUT2D eigenvalue weighted by Crippen LogP contribution is 2.39. The topological polar surface area (TPSA) is 105 Å². The van der Waals surface area contributed by atoms with Crippen LogP contribution < -0.4 is 9.64 Å². The lowest BCUT2D eigenvalue weighted by atomic mass is 9.98. The van der Waals surface area contributed by atoms with Crippen LogP contribution >= 0.6 is 0 Å². The van der Waals surface area contributed by atoms with Crippen molar-refractivity contribution in [2.24, 2.45) is 5.92 Å². The first-order valence-corrected chi connectivity index (χ1v) is 13.6. The van der Waals surface area contributed by atoms with Crippen LogP contribution in [-0.4, -0.2) is 89.9 Å². The Kier molecular flexibility index (Phi) is 6.97. The van der Waals surface area contributed by atoms with E-state index in [0.29, 0.717) is 57.7 Å². The Labute approximate surface area is 202 Å². The minimum atomic E-state index is -3.32. The third-order valence-electron chi connectivity index (χ3n) is 6.92. The third-order valence-corrected chi connectivity index (χ3v) is 9.51. The molecule has 0 spiro atoms. The van der Waals surface area contributed by atoms with Crippen LogP contribution in [0.2, 0.25) is 0 Å². The van der Waals surface area contributed by atoms with E-state index in [4.69, 9.17) is 9.47 Å². The van der Waals surface area contributed by atoms with Gasteiger partial charge < -0.3 is 19.3 Å². The average molecular weight is 496 g/mol. The number of anilines is 1. The molecule has 4 rings (SSSR count). The maximum absolute atomic E-state index is 12.6. The van der Waals surface area contributed by atoms with Crippen molar-refractivity contribution in [1.29, 1.82) is 0 Å². The summed E-state index contributed by atoms with van der Waals surface area (Å²) in [7, 11) is -3.32. The van der Waals surface area contributed by atoms with E-state index in [1.807, 2.05) is 11.8 Å². The average Bonchev–Trinajstić information content (AvgIpc) is 3.54. The van der Waals surface area contributed by atoms with E-state index in [-0.39, 0.29) is 11.7 Å². The fourth-order valence-corrected chi connectivity index (χ4v) is 5.55. The molecular weight excluding hydrogens is 458 g/mol. The summed E-state index contributed by atoms with van der Waals surface area (Å²) in [6.07, 6.45) is 6.77. The van der Waals surface area contributed by atoms with Crippen molar-refractivity contribution in [3.63, 3.8) is 0 Å². The molecule has 0 aromatic carbocycles. The Hall–Kier alpha value is -2.14. The number of aromatic nitrogens is 2. The number of nitrogens with zero attached hydrogens (tertiary/aromatic N) is 5. The zero-order chi connectivity index (χ0) is 24.6. The van der Waals surface area contributed by atoms with Crippen LogP contribution in [0, 0.1) is 5.92 Å². The number of piperazine rings is 1. The molecule has 3 heterocycles. The monoisotopic (exact) mass is 495 g/mol. The Bertz CT molecular complexity index is 958. The fraction of sp³-hybridized carbons (Fsp3) is 0.783. The van der Waals surface area contributed by atoms with E-state index in [0.717, 1.165) is 31.5 Å². The number of amides is 1. The van der Waals surface area contributed by atoms with Crippen molar-refractivity contribution in [2.75, 3.05) is 50.8 Å². The summed E-state index contributed by atoms with van der Waals surface area (Å²) in [5, 5.41) is 0. The van der Waals surface area contributed by atoms with Crippen LogP contribution in [0.25, 0.3) is 0 Å². The first-order valence-electron chi connectivity index (χ1n) is 12.1. The van der Waals surface area contributed by atoms with Crippen LogP contribution in [0.4, 0.5) is 10.6 Å². The van der Waals surface area contributed by atoms with E-state index in [9.17, 15) is 13.2 Å². The van der Waals surface area contributed by atoms with E-state index < -0.39 is 14.8 Å². The molecule has 11 heteroatoms. The molecule has 2 saturated heterocycles. The van der Waals surface area contributed by atoms with Gasteiger partial charge in [0.05, 0.1) is 23.7 Å². The van der Waals surface area contributed by atoms with Gasteiger partial charge in [-0.15, -0.1) is 0 Å². The molecule has 0 unspecified atom stereocenters. The minimum absolute atomic E-state index is 0.197. The quantitative estimate of drug-likeness (QED) is 0.593. The molecule has 1 aromatic heterocycles. The highest BCUT2D eigenvalue weighted by Gasteiger charge is 2.43. The number of rotatable bonds is 6. The van der Waals surface area contributed by atoms with Crippen LogP contribution in [0.15, 0.2) is 12.4 Å². The normalized spacial score (nSPS) is 21.9.